The molecule has 0 bridgehead atoms. The molecule has 0 aromatic heterocycles. The van der Waals surface area contributed by atoms with Crippen molar-refractivity contribution in [2.75, 3.05) is 85.1 Å². The van der Waals surface area contributed by atoms with Crippen molar-refractivity contribution >= 4 is 75.6 Å². The van der Waals surface area contributed by atoms with Crippen LogP contribution < -0.4 is 16.0 Å². The molecule has 1 aliphatic rings. The number of carboxylic acid groups (broad SMARTS) is 7. The van der Waals surface area contributed by atoms with Gasteiger partial charge in [-0.25, -0.2) is 14.4 Å². The number of hydrogen-bond donors (Lipinski definition) is 10. The number of amides is 4. The summed E-state index contributed by atoms with van der Waals surface area (Å²) < 4.78 is 0.828. The summed E-state index contributed by atoms with van der Waals surface area (Å²) in [5.74, 6) is -9.38. The van der Waals surface area contributed by atoms with Gasteiger partial charge in [-0.2, -0.15) is 0 Å². The van der Waals surface area contributed by atoms with Crippen LogP contribution >= 0.6 is 15.9 Å². The maximum atomic E-state index is 13.5. The number of carbonyl (C=O) groups excluding carboxylic acids is 3. The molecule has 0 spiro atoms. The normalized spacial score (nSPS) is 15.8. The van der Waals surface area contributed by atoms with Crippen molar-refractivity contribution in [3.63, 3.8) is 0 Å². The second-order valence-corrected chi connectivity index (χ2v) is 17.4. The maximum Gasteiger partial charge on any atom is 0.326 e. The van der Waals surface area contributed by atoms with Gasteiger partial charge in [-0.05, 0) is 62.6 Å². The first-order valence-corrected chi connectivity index (χ1v) is 23.2. The second-order valence-electron chi connectivity index (χ2n) is 16.5. The number of rotatable bonds is 30. The van der Waals surface area contributed by atoms with Gasteiger partial charge in [0.15, 0.2) is 0 Å². The number of urea groups is 1. The lowest BCUT2D eigenvalue weighted by Gasteiger charge is -2.35. The Hall–Kier alpha value is -5.96. The van der Waals surface area contributed by atoms with E-state index in [1.807, 2.05) is 24.3 Å². The Morgan fingerprint density at radius 2 is 1.04 bits per heavy atom. The predicted octanol–water partition coefficient (Wildman–Crippen LogP) is 0.0137. The Bertz CT molecular complexity index is 1860. The van der Waals surface area contributed by atoms with Gasteiger partial charge in [-0.3, -0.25) is 53.2 Å². The molecule has 1 aromatic rings. The molecule has 2 unspecified atom stereocenters. The third-order valence-electron chi connectivity index (χ3n) is 11.1. The SMILES string of the molecule is O=C(O)CC[C@H](NC(=O)NC(CCCCN(Cc1ccc(Br)cc1)C(=O)CCCCNC(=O)CCC(C(=O)O)N1CCN(CC(=O)O)CCN(CC(=O)O)CCN(CC(=O)O)CC1)C(=O)O)C(=O)O. The zero-order valence-corrected chi connectivity index (χ0v) is 39.9. The van der Waals surface area contributed by atoms with E-state index in [1.165, 1.54) is 0 Å². The van der Waals surface area contributed by atoms with Gasteiger partial charge in [0.05, 0.1) is 19.6 Å². The van der Waals surface area contributed by atoms with E-state index >= 15 is 0 Å². The highest BCUT2D eigenvalue weighted by atomic mass is 79.9. The van der Waals surface area contributed by atoms with Crippen LogP contribution in [0, 0.1) is 0 Å². The average Bonchev–Trinajstić information content (AvgIpc) is 3.25. The third kappa shape index (κ3) is 25.8. The lowest BCUT2D eigenvalue weighted by atomic mass is 10.1. The first-order chi connectivity index (χ1) is 32.6. The summed E-state index contributed by atoms with van der Waals surface area (Å²) in [5.41, 5.74) is 0.823. The molecule has 3 atom stereocenters. The molecular weight excluding hydrogens is 980 g/mol. The maximum absolute atomic E-state index is 13.5. The van der Waals surface area contributed by atoms with Gasteiger partial charge < -0.3 is 56.6 Å². The van der Waals surface area contributed by atoms with Crippen LogP contribution in [-0.2, 0) is 49.7 Å². The monoisotopic (exact) mass is 1040 g/mol. The minimum atomic E-state index is -1.55. The summed E-state index contributed by atoms with van der Waals surface area (Å²) in [6.07, 6.45) is 0.141. The molecule has 0 aliphatic carbocycles. The van der Waals surface area contributed by atoms with Crippen LogP contribution in [0.25, 0.3) is 0 Å². The molecule has 1 heterocycles. The highest BCUT2D eigenvalue weighted by molar-refractivity contribution is 9.10. The highest BCUT2D eigenvalue weighted by Gasteiger charge is 2.29. The number of aliphatic carboxylic acids is 7. The fraction of sp³-hybridized carbons (Fsp3) is 0.628. The molecule has 0 saturated carbocycles. The van der Waals surface area contributed by atoms with Crippen LogP contribution in [0.5, 0.6) is 0 Å². The van der Waals surface area contributed by atoms with Crippen molar-refractivity contribution in [3.05, 3.63) is 34.3 Å². The highest BCUT2D eigenvalue weighted by Crippen LogP contribution is 2.16. The van der Waals surface area contributed by atoms with Crippen molar-refractivity contribution < 1.29 is 83.7 Å². The first kappa shape index (κ1) is 59.2. The van der Waals surface area contributed by atoms with Crippen molar-refractivity contribution in [2.24, 2.45) is 0 Å². The fourth-order valence-corrected chi connectivity index (χ4v) is 7.68. The van der Waals surface area contributed by atoms with Gasteiger partial charge in [-0.1, -0.05) is 28.1 Å². The Kier molecular flexibility index (Phi) is 27.4. The summed E-state index contributed by atoms with van der Waals surface area (Å²) in [5, 5.41) is 73.6. The van der Waals surface area contributed by atoms with E-state index in [4.69, 9.17) is 5.11 Å². The lowest BCUT2D eigenvalue weighted by molar-refractivity contribution is -0.145. The Morgan fingerprint density at radius 1 is 0.551 bits per heavy atom. The lowest BCUT2D eigenvalue weighted by Crippen LogP contribution is -2.52. The Labute approximate surface area is 406 Å². The predicted molar refractivity (Wildman–Crippen MR) is 246 cm³/mol. The number of nitrogens with zero attached hydrogens (tertiary/aromatic N) is 5. The molecule has 2 rings (SSSR count). The molecule has 1 aliphatic heterocycles. The van der Waals surface area contributed by atoms with Gasteiger partial charge in [0.25, 0.3) is 0 Å². The Balaban J connectivity index is 1.99. The van der Waals surface area contributed by atoms with Crippen LogP contribution in [0.2, 0.25) is 0 Å². The minimum Gasteiger partial charge on any atom is -0.481 e. The molecule has 26 heteroatoms. The number of carboxylic acids is 7. The summed E-state index contributed by atoms with van der Waals surface area (Å²) in [7, 11) is 0. The van der Waals surface area contributed by atoms with Gasteiger partial charge in [-0.15, -0.1) is 0 Å². The number of unbranched alkanes of at least 4 members (excludes halogenated alkanes) is 2. The van der Waals surface area contributed by atoms with Crippen LogP contribution in [0.1, 0.15) is 69.8 Å². The minimum absolute atomic E-state index is 0.0613. The standard InChI is InChI=1S/C43H65BrN8O17/c44-30-9-7-29(8-10-30)25-52(16-4-2-5-31(40(63)64)46-43(69)47-32(41(65)66)11-14-36(55)56)35(54)6-1-3-15-45-34(53)13-12-33(42(67)68)51-23-21-49(27-38(59)60)19-17-48(26-37(57)58)18-20-50(22-24-51)28-39(61)62/h7-10,31-33H,1-6,11-28H2,(H,45,53)(H,55,56)(H,57,58)(H,59,60)(H,61,62)(H,63,64)(H,65,66)(H,67,68)(H2,46,47,69)/t31?,32-,33?/m0/s1. The van der Waals surface area contributed by atoms with Crippen LogP contribution in [-0.4, -0.2) is 223 Å². The zero-order chi connectivity index (χ0) is 51.5. The summed E-state index contributed by atoms with van der Waals surface area (Å²) in [4.78, 5) is 128. The molecule has 386 valence electrons. The number of hydrogen-bond acceptors (Lipinski definition) is 14. The van der Waals surface area contributed by atoms with Crippen LogP contribution in [0.3, 0.4) is 0 Å². The summed E-state index contributed by atoms with van der Waals surface area (Å²) >= 11 is 3.38. The molecular formula is C43H65BrN8O17. The Morgan fingerprint density at radius 3 is 1.51 bits per heavy atom. The summed E-state index contributed by atoms with van der Waals surface area (Å²) in [6, 6.07) is 2.05. The van der Waals surface area contributed by atoms with E-state index in [9.17, 15) is 78.6 Å². The number of carbonyl (C=O) groups is 10. The van der Waals surface area contributed by atoms with E-state index < -0.39 is 84.7 Å². The topological polar surface area (TPSA) is 365 Å². The molecule has 4 amide bonds. The van der Waals surface area contributed by atoms with Crippen molar-refractivity contribution in [3.8, 4) is 0 Å². The smallest absolute Gasteiger partial charge is 0.326 e. The van der Waals surface area contributed by atoms with E-state index in [2.05, 4.69) is 31.9 Å². The van der Waals surface area contributed by atoms with Crippen LogP contribution in [0.15, 0.2) is 28.7 Å². The molecule has 25 nitrogen and oxygen atoms in total. The third-order valence-corrected chi connectivity index (χ3v) is 11.7. The number of nitrogens with one attached hydrogen (secondary N) is 3. The molecule has 0 radical (unpaired) electrons. The molecule has 1 saturated heterocycles. The van der Waals surface area contributed by atoms with Gasteiger partial charge in [0.1, 0.15) is 18.1 Å². The zero-order valence-electron chi connectivity index (χ0n) is 38.3. The van der Waals surface area contributed by atoms with E-state index in [0.29, 0.717) is 19.3 Å². The second kappa shape index (κ2) is 32.0. The number of halogens is 1. The van der Waals surface area contributed by atoms with Gasteiger partial charge >= 0.3 is 47.8 Å². The summed E-state index contributed by atoms with van der Waals surface area (Å²) in [6.45, 7) is 0.502. The van der Waals surface area contributed by atoms with Crippen molar-refractivity contribution in [1.82, 2.24) is 40.4 Å². The van der Waals surface area contributed by atoms with E-state index in [1.54, 1.807) is 24.5 Å². The van der Waals surface area contributed by atoms with Gasteiger partial charge in [0.2, 0.25) is 11.8 Å². The van der Waals surface area contributed by atoms with E-state index in [0.717, 1.165) is 10.0 Å². The largest absolute Gasteiger partial charge is 0.481 e. The van der Waals surface area contributed by atoms with E-state index in [-0.39, 0.29) is 130 Å². The number of benzene rings is 1. The fourth-order valence-electron chi connectivity index (χ4n) is 7.41. The average molecular weight is 1050 g/mol. The van der Waals surface area contributed by atoms with Gasteiger partial charge in [0, 0.05) is 95.7 Å². The quantitative estimate of drug-likeness (QED) is 0.0454. The molecule has 69 heavy (non-hydrogen) atoms. The first-order valence-electron chi connectivity index (χ1n) is 22.5. The molecule has 1 fully saturated rings. The molecule has 10 N–H and O–H groups in total. The van der Waals surface area contributed by atoms with Crippen LogP contribution in [0.4, 0.5) is 4.79 Å². The molecule has 1 aromatic carbocycles. The van der Waals surface area contributed by atoms with Crippen molar-refractivity contribution in [1.29, 1.82) is 0 Å². The van der Waals surface area contributed by atoms with Crippen molar-refractivity contribution in [2.45, 2.75) is 88.9 Å².